The van der Waals surface area contributed by atoms with Crippen LogP contribution in [0.5, 0.6) is 0 Å². The number of benzene rings is 1. The minimum absolute atomic E-state index is 0.0609. The molecule has 0 aliphatic carbocycles. The maximum Gasteiger partial charge on any atom is 0.237 e. The summed E-state index contributed by atoms with van der Waals surface area (Å²) >= 11 is 0. The fraction of sp³-hybridized carbons (Fsp3) is 0.650. The Labute approximate surface area is 156 Å². The number of aliphatic hydroxyl groups is 1. The lowest BCUT2D eigenvalue weighted by Gasteiger charge is -2.48. The molecule has 3 rings (SSSR count). The predicted octanol–water partition coefficient (Wildman–Crippen LogP) is 0.672. The molecule has 0 radical (unpaired) electrons. The van der Waals surface area contributed by atoms with E-state index >= 15 is 0 Å². The number of carbonyl (C=O) groups excluding carboxylic acids is 1. The van der Waals surface area contributed by atoms with Gasteiger partial charge >= 0.3 is 0 Å². The third-order valence-corrected chi connectivity index (χ3v) is 5.48. The van der Waals surface area contributed by atoms with E-state index in [1.54, 1.807) is 0 Å². The quantitative estimate of drug-likeness (QED) is 0.747. The molecule has 2 aliphatic rings. The van der Waals surface area contributed by atoms with Crippen molar-refractivity contribution in [3.05, 3.63) is 35.9 Å². The molecule has 2 N–H and O–H groups in total. The highest BCUT2D eigenvalue weighted by Crippen LogP contribution is 2.32. The maximum atomic E-state index is 12.9. The van der Waals surface area contributed by atoms with Gasteiger partial charge in [-0.25, -0.2) is 0 Å². The van der Waals surface area contributed by atoms with E-state index in [1.807, 2.05) is 23.1 Å². The third-order valence-electron chi connectivity index (χ3n) is 5.48. The zero-order chi connectivity index (χ0) is 18.5. The Morgan fingerprint density at radius 2 is 1.96 bits per heavy atom. The van der Waals surface area contributed by atoms with E-state index in [9.17, 15) is 9.90 Å². The summed E-state index contributed by atoms with van der Waals surface area (Å²) in [5.74, 6) is 0.404. The van der Waals surface area contributed by atoms with Crippen molar-refractivity contribution in [2.24, 2.45) is 0 Å². The molecule has 144 valence electrons. The highest BCUT2D eigenvalue weighted by Gasteiger charge is 2.42. The summed E-state index contributed by atoms with van der Waals surface area (Å²) in [6, 6.07) is 10.7. The van der Waals surface area contributed by atoms with E-state index in [0.29, 0.717) is 26.3 Å². The predicted molar refractivity (Wildman–Crippen MR) is 101 cm³/mol. The van der Waals surface area contributed by atoms with Gasteiger partial charge in [0.25, 0.3) is 0 Å². The van der Waals surface area contributed by atoms with Gasteiger partial charge in [0, 0.05) is 43.7 Å². The van der Waals surface area contributed by atoms with Crippen LogP contribution >= 0.6 is 0 Å². The number of morpholine rings is 1. The number of nitrogens with zero attached hydrogens (tertiary/aromatic N) is 2. The molecule has 0 bridgehead atoms. The van der Waals surface area contributed by atoms with Crippen LogP contribution in [0.1, 0.15) is 25.3 Å². The molecule has 1 amide bonds. The van der Waals surface area contributed by atoms with Crippen LogP contribution in [0.2, 0.25) is 0 Å². The molecular weight excluding hydrogens is 330 g/mol. The highest BCUT2D eigenvalue weighted by molar-refractivity contribution is 5.78. The fourth-order valence-electron chi connectivity index (χ4n) is 3.97. The minimum Gasteiger partial charge on any atom is -0.395 e. The molecule has 2 fully saturated rings. The zero-order valence-corrected chi connectivity index (χ0v) is 15.8. The van der Waals surface area contributed by atoms with Gasteiger partial charge in [0.1, 0.15) is 0 Å². The summed E-state index contributed by atoms with van der Waals surface area (Å²) in [6.07, 6.45) is 0. The van der Waals surface area contributed by atoms with Crippen LogP contribution < -0.4 is 5.32 Å². The molecule has 6 heteroatoms. The van der Waals surface area contributed by atoms with E-state index in [0.717, 1.165) is 13.1 Å². The Morgan fingerprint density at radius 3 is 2.58 bits per heavy atom. The largest absolute Gasteiger partial charge is 0.395 e. The Bertz CT molecular complexity index is 575. The third kappa shape index (κ3) is 4.43. The molecule has 0 unspecified atom stereocenters. The summed E-state index contributed by atoms with van der Waals surface area (Å²) in [5, 5.41) is 13.1. The van der Waals surface area contributed by atoms with Crippen LogP contribution in [-0.2, 0) is 9.53 Å². The van der Waals surface area contributed by atoms with Crippen molar-refractivity contribution in [3.8, 4) is 0 Å². The minimum atomic E-state index is 0.0609. The van der Waals surface area contributed by atoms with Crippen molar-refractivity contribution in [2.45, 2.75) is 37.9 Å². The molecular formula is C20H31N3O3. The Morgan fingerprint density at radius 1 is 1.27 bits per heavy atom. The van der Waals surface area contributed by atoms with E-state index in [-0.39, 0.29) is 36.6 Å². The maximum absolute atomic E-state index is 12.9. The van der Waals surface area contributed by atoms with Gasteiger partial charge in [-0.2, -0.15) is 0 Å². The molecule has 0 saturated carbocycles. The fourth-order valence-corrected chi connectivity index (χ4v) is 3.97. The smallest absolute Gasteiger partial charge is 0.237 e. The van der Waals surface area contributed by atoms with E-state index < -0.39 is 0 Å². The molecule has 1 aromatic carbocycles. The SMILES string of the molecule is CC(C)N(C[C@@H]1N[C@@H](CO)[C@H]1c1ccccc1)C(=O)CN1CCOCC1. The first-order valence-corrected chi connectivity index (χ1v) is 9.61. The molecule has 2 heterocycles. The van der Waals surface area contributed by atoms with Crippen LogP contribution in [0.15, 0.2) is 30.3 Å². The van der Waals surface area contributed by atoms with Crippen LogP contribution in [0.3, 0.4) is 0 Å². The van der Waals surface area contributed by atoms with Gasteiger partial charge in [-0.15, -0.1) is 0 Å². The summed E-state index contributed by atoms with van der Waals surface area (Å²) in [6.45, 7) is 8.40. The van der Waals surface area contributed by atoms with Gasteiger partial charge in [0.15, 0.2) is 0 Å². The van der Waals surface area contributed by atoms with Crippen LogP contribution in [0.25, 0.3) is 0 Å². The molecule has 2 saturated heterocycles. The second-order valence-electron chi connectivity index (χ2n) is 7.53. The molecule has 1 aromatic rings. The van der Waals surface area contributed by atoms with Crippen molar-refractivity contribution < 1.29 is 14.6 Å². The average Bonchev–Trinajstić information content (AvgIpc) is 2.62. The van der Waals surface area contributed by atoms with Crippen LogP contribution in [0.4, 0.5) is 0 Å². The van der Waals surface area contributed by atoms with E-state index in [1.165, 1.54) is 5.56 Å². The zero-order valence-electron chi connectivity index (χ0n) is 15.8. The molecule has 3 atom stereocenters. The molecule has 26 heavy (non-hydrogen) atoms. The Hall–Kier alpha value is -1.47. The number of hydrogen-bond donors (Lipinski definition) is 2. The lowest BCUT2D eigenvalue weighted by atomic mass is 9.77. The summed E-state index contributed by atoms with van der Waals surface area (Å²) in [4.78, 5) is 17.0. The number of nitrogens with one attached hydrogen (secondary N) is 1. The van der Waals surface area contributed by atoms with Gasteiger partial charge in [-0.05, 0) is 19.4 Å². The normalized spacial score (nSPS) is 26.5. The van der Waals surface area contributed by atoms with Gasteiger partial charge in [0.05, 0.1) is 26.4 Å². The number of carbonyl (C=O) groups is 1. The Kier molecular flexibility index (Phi) is 6.64. The van der Waals surface area contributed by atoms with Gasteiger partial charge in [-0.1, -0.05) is 30.3 Å². The number of hydrogen-bond acceptors (Lipinski definition) is 5. The molecule has 0 aromatic heterocycles. The van der Waals surface area contributed by atoms with E-state index in [2.05, 4.69) is 36.2 Å². The number of rotatable bonds is 7. The standard InChI is InChI=1S/C20H31N3O3/c1-15(2)23(19(25)13-22-8-10-26-11-9-22)12-17-20(18(14-24)21-17)16-6-4-3-5-7-16/h3-7,15,17-18,20-21,24H,8-14H2,1-2H3/t17-,18-,20-/m0/s1. The number of ether oxygens (including phenoxy) is 1. The second kappa shape index (κ2) is 8.95. The van der Waals surface area contributed by atoms with Gasteiger partial charge in [-0.3, -0.25) is 9.69 Å². The number of aliphatic hydroxyl groups excluding tert-OH is 1. The van der Waals surface area contributed by atoms with Crippen LogP contribution in [-0.4, -0.2) is 84.9 Å². The van der Waals surface area contributed by atoms with Crippen molar-refractivity contribution in [1.29, 1.82) is 0 Å². The van der Waals surface area contributed by atoms with Crippen molar-refractivity contribution in [3.63, 3.8) is 0 Å². The first-order valence-electron chi connectivity index (χ1n) is 9.61. The second-order valence-corrected chi connectivity index (χ2v) is 7.53. The first kappa shape index (κ1) is 19.3. The summed E-state index contributed by atoms with van der Waals surface area (Å²) < 4.78 is 5.37. The van der Waals surface area contributed by atoms with Gasteiger partial charge < -0.3 is 20.1 Å². The van der Waals surface area contributed by atoms with Crippen molar-refractivity contribution in [1.82, 2.24) is 15.1 Å². The first-order chi connectivity index (χ1) is 12.6. The highest BCUT2D eigenvalue weighted by atomic mass is 16.5. The number of amides is 1. The summed E-state index contributed by atoms with van der Waals surface area (Å²) in [5.41, 5.74) is 1.22. The lowest BCUT2D eigenvalue weighted by molar-refractivity contribution is -0.136. The lowest BCUT2D eigenvalue weighted by Crippen LogP contribution is -2.66. The van der Waals surface area contributed by atoms with Crippen molar-refractivity contribution >= 4 is 5.91 Å². The van der Waals surface area contributed by atoms with E-state index in [4.69, 9.17) is 4.74 Å². The van der Waals surface area contributed by atoms with Gasteiger partial charge in [0.2, 0.25) is 5.91 Å². The molecule has 6 nitrogen and oxygen atoms in total. The topological polar surface area (TPSA) is 65.0 Å². The summed E-state index contributed by atoms with van der Waals surface area (Å²) in [7, 11) is 0. The molecule has 0 spiro atoms. The average molecular weight is 361 g/mol. The van der Waals surface area contributed by atoms with Crippen LogP contribution in [0, 0.1) is 0 Å². The monoisotopic (exact) mass is 361 g/mol. The van der Waals surface area contributed by atoms with Crippen molar-refractivity contribution in [2.75, 3.05) is 46.0 Å². The Balaban J connectivity index is 1.64. The molecule has 2 aliphatic heterocycles.